The van der Waals surface area contributed by atoms with Crippen molar-refractivity contribution < 1.29 is 53.7 Å². The monoisotopic (exact) mass is 280 g/mol. The standard InChI is InChI=1S/C14H10O5.Na/c15-14(16)10-6-7-11-13(18-8-17-11)12(10)19-9-4-2-1-3-5-9;/h1-7H,8H2,(H,15,16);/q;+1/p-1. The van der Waals surface area contributed by atoms with Gasteiger partial charge in [0.2, 0.25) is 12.5 Å². The van der Waals surface area contributed by atoms with E-state index >= 15 is 0 Å². The number of para-hydroxylation sites is 1. The van der Waals surface area contributed by atoms with Crippen LogP contribution in [0.1, 0.15) is 10.4 Å². The minimum absolute atomic E-state index is 0. The van der Waals surface area contributed by atoms with Crippen molar-refractivity contribution in [1.29, 1.82) is 0 Å². The zero-order valence-corrected chi connectivity index (χ0v) is 12.8. The molecule has 3 rings (SSSR count). The Bertz CT molecular complexity index is 627. The number of carboxylic acids is 1. The fourth-order valence-corrected chi connectivity index (χ4v) is 1.82. The van der Waals surface area contributed by atoms with Crippen LogP contribution in [0.4, 0.5) is 0 Å². The minimum atomic E-state index is -1.33. The maximum atomic E-state index is 11.1. The maximum Gasteiger partial charge on any atom is 1.00 e. The summed E-state index contributed by atoms with van der Waals surface area (Å²) in [7, 11) is 0. The van der Waals surface area contributed by atoms with Gasteiger partial charge in [-0.2, -0.15) is 0 Å². The Morgan fingerprint density at radius 1 is 1.10 bits per heavy atom. The molecular formula is C14H9NaO5. The third-order valence-corrected chi connectivity index (χ3v) is 2.68. The predicted octanol–water partition coefficient (Wildman–Crippen LogP) is -1.42. The summed E-state index contributed by atoms with van der Waals surface area (Å²) in [5.41, 5.74) is -0.0758. The topological polar surface area (TPSA) is 67.8 Å². The number of carbonyl (C=O) groups excluding carboxylic acids is 1. The van der Waals surface area contributed by atoms with Gasteiger partial charge in [0.15, 0.2) is 11.5 Å². The van der Waals surface area contributed by atoms with Crippen LogP contribution in [0, 0.1) is 0 Å². The first-order chi connectivity index (χ1) is 9.25. The molecule has 1 aliphatic rings. The molecule has 0 N–H and O–H groups in total. The van der Waals surface area contributed by atoms with Gasteiger partial charge in [-0.25, -0.2) is 0 Å². The molecule has 0 aromatic heterocycles. The minimum Gasteiger partial charge on any atom is -0.545 e. The number of hydrogen-bond acceptors (Lipinski definition) is 5. The van der Waals surface area contributed by atoms with Crippen molar-refractivity contribution in [3.8, 4) is 23.0 Å². The second kappa shape index (κ2) is 6.17. The van der Waals surface area contributed by atoms with Gasteiger partial charge in [-0.05, 0) is 24.3 Å². The van der Waals surface area contributed by atoms with Crippen molar-refractivity contribution >= 4 is 5.97 Å². The van der Waals surface area contributed by atoms with Gasteiger partial charge < -0.3 is 24.1 Å². The van der Waals surface area contributed by atoms with Crippen LogP contribution in [0.25, 0.3) is 0 Å². The number of ether oxygens (including phenoxy) is 3. The molecule has 0 saturated heterocycles. The summed E-state index contributed by atoms with van der Waals surface area (Å²) >= 11 is 0. The molecule has 0 saturated carbocycles. The van der Waals surface area contributed by atoms with Crippen LogP contribution in [-0.2, 0) is 0 Å². The van der Waals surface area contributed by atoms with Crippen molar-refractivity contribution in [3.05, 3.63) is 48.0 Å². The largest absolute Gasteiger partial charge is 1.00 e. The number of carboxylic acid groups (broad SMARTS) is 1. The van der Waals surface area contributed by atoms with Crippen LogP contribution >= 0.6 is 0 Å². The zero-order chi connectivity index (χ0) is 13.2. The number of aromatic carboxylic acids is 1. The molecule has 0 atom stereocenters. The summed E-state index contributed by atoms with van der Waals surface area (Å²) in [5, 5.41) is 11.1. The Balaban J connectivity index is 0.00000147. The first-order valence-electron chi connectivity index (χ1n) is 5.62. The first-order valence-corrected chi connectivity index (χ1v) is 5.62. The van der Waals surface area contributed by atoms with Crippen LogP contribution in [0.5, 0.6) is 23.0 Å². The molecule has 5 nitrogen and oxygen atoms in total. The fraction of sp³-hybridized carbons (Fsp3) is 0.0714. The smallest absolute Gasteiger partial charge is 0.545 e. The zero-order valence-electron chi connectivity index (χ0n) is 10.8. The Morgan fingerprint density at radius 2 is 1.85 bits per heavy atom. The first kappa shape index (κ1) is 14.7. The Labute approximate surface area is 137 Å². The van der Waals surface area contributed by atoms with Crippen molar-refractivity contribution in [1.82, 2.24) is 0 Å². The van der Waals surface area contributed by atoms with Crippen molar-refractivity contribution in [2.45, 2.75) is 0 Å². The molecule has 6 heteroatoms. The van der Waals surface area contributed by atoms with E-state index in [1.54, 1.807) is 24.3 Å². The van der Waals surface area contributed by atoms with E-state index in [1.165, 1.54) is 12.1 Å². The molecule has 0 bridgehead atoms. The van der Waals surface area contributed by atoms with E-state index < -0.39 is 5.97 Å². The quantitative estimate of drug-likeness (QED) is 0.645. The summed E-state index contributed by atoms with van der Waals surface area (Å²) in [6.45, 7) is 0.0387. The predicted molar refractivity (Wildman–Crippen MR) is 63.4 cm³/mol. The third kappa shape index (κ3) is 2.75. The second-order valence-electron chi connectivity index (χ2n) is 3.88. The molecule has 2 aromatic carbocycles. The van der Waals surface area contributed by atoms with Gasteiger partial charge in [0, 0.05) is 5.56 Å². The van der Waals surface area contributed by atoms with E-state index in [0.717, 1.165) is 0 Å². The Hall–Kier alpha value is -1.69. The van der Waals surface area contributed by atoms with Crippen LogP contribution in [0.3, 0.4) is 0 Å². The molecule has 0 unspecified atom stereocenters. The van der Waals surface area contributed by atoms with E-state index in [2.05, 4.69) is 0 Å². The van der Waals surface area contributed by atoms with Gasteiger partial charge in [0.1, 0.15) is 5.75 Å². The molecule has 0 radical (unpaired) electrons. The maximum absolute atomic E-state index is 11.1. The number of carbonyl (C=O) groups is 1. The summed E-state index contributed by atoms with van der Waals surface area (Å²) in [4.78, 5) is 11.1. The van der Waals surface area contributed by atoms with Gasteiger partial charge in [-0.3, -0.25) is 0 Å². The summed E-state index contributed by atoms with van der Waals surface area (Å²) in [5.74, 6) is 0.0146. The molecule has 0 amide bonds. The summed E-state index contributed by atoms with van der Waals surface area (Å²) < 4.78 is 16.0. The molecule has 1 aliphatic heterocycles. The number of fused-ring (bicyclic) bond motifs is 1. The van der Waals surface area contributed by atoms with Crippen LogP contribution < -0.4 is 48.9 Å². The average molecular weight is 280 g/mol. The molecular weight excluding hydrogens is 271 g/mol. The number of benzene rings is 2. The van der Waals surface area contributed by atoms with E-state index in [0.29, 0.717) is 11.5 Å². The van der Waals surface area contributed by atoms with Gasteiger partial charge in [0.05, 0.1) is 5.97 Å². The van der Waals surface area contributed by atoms with Crippen LogP contribution in [0.2, 0.25) is 0 Å². The third-order valence-electron chi connectivity index (χ3n) is 2.68. The fourth-order valence-electron chi connectivity index (χ4n) is 1.82. The van der Waals surface area contributed by atoms with Crippen molar-refractivity contribution in [2.24, 2.45) is 0 Å². The summed E-state index contributed by atoms with van der Waals surface area (Å²) in [6, 6.07) is 11.7. The Kier molecular flexibility index (Phi) is 4.54. The second-order valence-corrected chi connectivity index (χ2v) is 3.88. The molecule has 0 spiro atoms. The van der Waals surface area contributed by atoms with E-state index in [4.69, 9.17) is 14.2 Å². The Morgan fingerprint density at radius 3 is 2.55 bits per heavy atom. The van der Waals surface area contributed by atoms with Gasteiger partial charge in [-0.1, -0.05) is 18.2 Å². The van der Waals surface area contributed by atoms with Crippen LogP contribution in [0.15, 0.2) is 42.5 Å². The van der Waals surface area contributed by atoms with Gasteiger partial charge >= 0.3 is 29.6 Å². The summed E-state index contributed by atoms with van der Waals surface area (Å²) in [6.07, 6.45) is 0. The van der Waals surface area contributed by atoms with Gasteiger partial charge in [0.25, 0.3) is 0 Å². The SMILES string of the molecule is O=C([O-])c1ccc2c(c1Oc1ccccc1)OCO2.[Na+]. The van der Waals surface area contributed by atoms with Crippen molar-refractivity contribution in [3.63, 3.8) is 0 Å². The molecule has 1 heterocycles. The molecule has 0 fully saturated rings. The van der Waals surface area contributed by atoms with Gasteiger partial charge in [-0.15, -0.1) is 0 Å². The normalized spacial score (nSPS) is 11.6. The molecule has 20 heavy (non-hydrogen) atoms. The molecule has 2 aromatic rings. The average Bonchev–Trinajstić information content (AvgIpc) is 2.88. The van der Waals surface area contributed by atoms with E-state index in [1.807, 2.05) is 6.07 Å². The van der Waals surface area contributed by atoms with E-state index in [-0.39, 0.29) is 53.4 Å². The molecule has 0 aliphatic carbocycles. The number of rotatable bonds is 3. The van der Waals surface area contributed by atoms with Crippen molar-refractivity contribution in [2.75, 3.05) is 6.79 Å². The molecule has 96 valence electrons. The van der Waals surface area contributed by atoms with E-state index in [9.17, 15) is 9.90 Å². The number of hydrogen-bond donors (Lipinski definition) is 0. The van der Waals surface area contributed by atoms with Crippen LogP contribution in [-0.4, -0.2) is 12.8 Å².